The molecule has 230 valence electrons. The molecule has 11 heteroatoms. The highest BCUT2D eigenvalue weighted by molar-refractivity contribution is 6.39. The number of rotatable bonds is 12. The second-order valence-electron chi connectivity index (χ2n) is 9.94. The number of barbiturate groups is 1. The molecule has 0 aromatic heterocycles. The number of ether oxygens (including phenoxy) is 4. The number of benzene rings is 3. The summed E-state index contributed by atoms with van der Waals surface area (Å²) in [7, 11) is 1.45. The number of nitrogens with zero attached hydrogens (tertiary/aromatic N) is 1. The number of carbonyl (C=O) groups is 4. The van der Waals surface area contributed by atoms with Crippen LogP contribution in [0.3, 0.4) is 0 Å². The van der Waals surface area contributed by atoms with Crippen LogP contribution in [-0.2, 0) is 14.4 Å². The van der Waals surface area contributed by atoms with Gasteiger partial charge in [0, 0.05) is 11.8 Å². The van der Waals surface area contributed by atoms with Crippen molar-refractivity contribution in [1.29, 1.82) is 0 Å². The van der Waals surface area contributed by atoms with Gasteiger partial charge in [0.25, 0.3) is 17.7 Å². The first kappa shape index (κ1) is 31.6. The number of hydrogen-bond donors (Lipinski definition) is 2. The normalized spacial score (nSPS) is 13.9. The van der Waals surface area contributed by atoms with Crippen LogP contribution in [0.2, 0.25) is 0 Å². The third kappa shape index (κ3) is 7.35. The minimum Gasteiger partial charge on any atom is -0.493 e. The molecule has 11 nitrogen and oxygen atoms in total. The molecule has 1 fully saturated rings. The molecule has 44 heavy (non-hydrogen) atoms. The van der Waals surface area contributed by atoms with Crippen molar-refractivity contribution in [2.75, 3.05) is 37.1 Å². The van der Waals surface area contributed by atoms with Gasteiger partial charge in [-0.25, -0.2) is 9.69 Å². The lowest BCUT2D eigenvalue weighted by atomic mass is 10.1. The predicted molar refractivity (Wildman–Crippen MR) is 165 cm³/mol. The number of methoxy groups -OCH3 is 1. The fourth-order valence-corrected chi connectivity index (χ4v) is 4.39. The SMILES string of the molecule is CCCOc1ccc(N2C(=O)NC(=O)/C(=C/c3ccc(OCC(=O)Nc4cc(C)ccc4C)c(OCC)c3)C2=O)cc1OC. The number of aryl methyl sites for hydroxylation is 2. The molecule has 0 atom stereocenters. The van der Waals surface area contributed by atoms with Gasteiger partial charge in [-0.15, -0.1) is 0 Å². The largest absolute Gasteiger partial charge is 0.493 e. The summed E-state index contributed by atoms with van der Waals surface area (Å²) in [6.45, 7) is 8.09. The topological polar surface area (TPSA) is 132 Å². The molecule has 3 aromatic rings. The fraction of sp³-hybridized carbons (Fsp3) is 0.273. The summed E-state index contributed by atoms with van der Waals surface area (Å²) >= 11 is 0. The molecule has 0 bridgehead atoms. The summed E-state index contributed by atoms with van der Waals surface area (Å²) in [6, 6.07) is 14.3. The van der Waals surface area contributed by atoms with Crippen LogP contribution in [0, 0.1) is 13.8 Å². The van der Waals surface area contributed by atoms with Crippen molar-refractivity contribution in [3.8, 4) is 23.0 Å². The lowest BCUT2D eigenvalue weighted by Crippen LogP contribution is -2.54. The molecule has 4 rings (SSSR count). The van der Waals surface area contributed by atoms with E-state index in [1.807, 2.05) is 39.0 Å². The summed E-state index contributed by atoms with van der Waals surface area (Å²) in [5, 5.41) is 5.06. The highest BCUT2D eigenvalue weighted by Crippen LogP contribution is 2.34. The van der Waals surface area contributed by atoms with Crippen molar-refractivity contribution >= 4 is 41.2 Å². The molecule has 5 amide bonds. The lowest BCUT2D eigenvalue weighted by molar-refractivity contribution is -0.122. The molecular formula is C33H35N3O8. The van der Waals surface area contributed by atoms with Crippen LogP contribution >= 0.6 is 0 Å². The van der Waals surface area contributed by atoms with Gasteiger partial charge in [-0.05, 0) is 80.3 Å². The van der Waals surface area contributed by atoms with Gasteiger partial charge in [0.05, 0.1) is 26.0 Å². The van der Waals surface area contributed by atoms with Crippen molar-refractivity contribution in [2.45, 2.75) is 34.1 Å². The van der Waals surface area contributed by atoms with E-state index in [9.17, 15) is 19.2 Å². The molecule has 1 heterocycles. The Morgan fingerprint density at radius 2 is 1.64 bits per heavy atom. The molecule has 0 radical (unpaired) electrons. The minimum atomic E-state index is -0.890. The number of hydrogen-bond acceptors (Lipinski definition) is 8. The fourth-order valence-electron chi connectivity index (χ4n) is 4.39. The van der Waals surface area contributed by atoms with Crippen LogP contribution in [0.25, 0.3) is 6.08 Å². The molecule has 0 aliphatic carbocycles. The van der Waals surface area contributed by atoms with E-state index in [1.165, 1.54) is 25.3 Å². The first-order valence-electron chi connectivity index (χ1n) is 14.1. The van der Waals surface area contributed by atoms with E-state index in [0.29, 0.717) is 47.5 Å². The summed E-state index contributed by atoms with van der Waals surface area (Å²) in [5.74, 6) is -0.591. The smallest absolute Gasteiger partial charge is 0.335 e. The molecule has 1 aliphatic rings. The summed E-state index contributed by atoms with van der Waals surface area (Å²) in [5.41, 5.74) is 3.02. The van der Waals surface area contributed by atoms with Gasteiger partial charge in [0.2, 0.25) is 0 Å². The maximum Gasteiger partial charge on any atom is 0.335 e. The van der Waals surface area contributed by atoms with Gasteiger partial charge in [0.15, 0.2) is 29.6 Å². The van der Waals surface area contributed by atoms with Crippen molar-refractivity contribution in [3.05, 3.63) is 76.9 Å². The molecule has 2 N–H and O–H groups in total. The Hall–Kier alpha value is -5.32. The van der Waals surface area contributed by atoms with Crippen LogP contribution in [-0.4, -0.2) is 50.7 Å². The second kappa shape index (κ2) is 14.2. The summed E-state index contributed by atoms with van der Waals surface area (Å²) in [4.78, 5) is 52.4. The molecule has 0 spiro atoms. The Labute approximate surface area is 255 Å². The molecule has 0 saturated carbocycles. The van der Waals surface area contributed by atoms with Gasteiger partial charge in [-0.2, -0.15) is 0 Å². The zero-order valence-corrected chi connectivity index (χ0v) is 25.3. The first-order valence-corrected chi connectivity index (χ1v) is 14.1. The number of amides is 5. The molecular weight excluding hydrogens is 566 g/mol. The minimum absolute atomic E-state index is 0.199. The number of anilines is 2. The number of imide groups is 2. The molecule has 1 saturated heterocycles. The highest BCUT2D eigenvalue weighted by Gasteiger charge is 2.37. The Morgan fingerprint density at radius 1 is 0.886 bits per heavy atom. The monoisotopic (exact) mass is 601 g/mol. The van der Waals surface area contributed by atoms with Crippen molar-refractivity contribution < 1.29 is 38.1 Å². The highest BCUT2D eigenvalue weighted by atomic mass is 16.5. The molecule has 1 aliphatic heterocycles. The van der Waals surface area contributed by atoms with Crippen LogP contribution in [0.1, 0.15) is 37.0 Å². The second-order valence-corrected chi connectivity index (χ2v) is 9.94. The van der Waals surface area contributed by atoms with Gasteiger partial charge in [-0.3, -0.25) is 19.7 Å². The number of urea groups is 1. The zero-order valence-electron chi connectivity index (χ0n) is 25.3. The van der Waals surface area contributed by atoms with Gasteiger partial charge >= 0.3 is 6.03 Å². The van der Waals surface area contributed by atoms with Gasteiger partial charge < -0.3 is 24.3 Å². The Bertz CT molecular complexity index is 1610. The summed E-state index contributed by atoms with van der Waals surface area (Å²) in [6.07, 6.45) is 2.14. The molecule has 0 unspecified atom stereocenters. The quantitative estimate of drug-likeness (QED) is 0.214. The van der Waals surface area contributed by atoms with Gasteiger partial charge in [0.1, 0.15) is 5.57 Å². The van der Waals surface area contributed by atoms with Crippen molar-refractivity contribution in [1.82, 2.24) is 5.32 Å². The third-order valence-electron chi connectivity index (χ3n) is 6.57. The lowest BCUT2D eigenvalue weighted by Gasteiger charge is -2.27. The Morgan fingerprint density at radius 3 is 2.36 bits per heavy atom. The first-order chi connectivity index (χ1) is 21.1. The third-order valence-corrected chi connectivity index (χ3v) is 6.57. The van der Waals surface area contributed by atoms with E-state index in [2.05, 4.69) is 10.6 Å². The van der Waals surface area contributed by atoms with E-state index in [-0.39, 0.29) is 23.8 Å². The van der Waals surface area contributed by atoms with E-state index < -0.39 is 17.8 Å². The maximum atomic E-state index is 13.5. The van der Waals surface area contributed by atoms with Crippen LogP contribution in [0.5, 0.6) is 23.0 Å². The number of nitrogens with one attached hydrogen (secondary N) is 2. The van der Waals surface area contributed by atoms with Crippen LogP contribution in [0.4, 0.5) is 16.2 Å². The van der Waals surface area contributed by atoms with Crippen molar-refractivity contribution in [3.63, 3.8) is 0 Å². The predicted octanol–water partition coefficient (Wildman–Crippen LogP) is 5.18. The zero-order chi connectivity index (χ0) is 31.8. The maximum absolute atomic E-state index is 13.5. The average Bonchev–Trinajstić information content (AvgIpc) is 3.00. The van der Waals surface area contributed by atoms with Crippen molar-refractivity contribution in [2.24, 2.45) is 0 Å². The van der Waals surface area contributed by atoms with E-state index >= 15 is 0 Å². The van der Waals surface area contributed by atoms with E-state index in [4.69, 9.17) is 18.9 Å². The van der Waals surface area contributed by atoms with E-state index in [0.717, 1.165) is 22.4 Å². The average molecular weight is 602 g/mol. The summed E-state index contributed by atoms with van der Waals surface area (Å²) < 4.78 is 22.5. The number of carbonyl (C=O) groups excluding carboxylic acids is 4. The van der Waals surface area contributed by atoms with E-state index in [1.54, 1.807) is 31.2 Å². The van der Waals surface area contributed by atoms with Crippen LogP contribution in [0.15, 0.2) is 60.2 Å². The Balaban J connectivity index is 1.55. The standard InChI is InChI=1S/C33H35N3O8/c1-6-14-43-26-13-11-23(18-28(26)41-5)36-32(39)24(31(38)35-33(36)40)16-22-10-12-27(29(17-22)42-7-2)44-19-30(37)34-25-15-20(3)8-9-21(25)4/h8-13,15-18H,6-7,14,19H2,1-5H3,(H,34,37)(H,35,38,40)/b24-16-. The van der Waals surface area contributed by atoms with Gasteiger partial charge in [-0.1, -0.05) is 25.1 Å². The van der Waals surface area contributed by atoms with Crippen LogP contribution < -0.4 is 34.5 Å². The Kier molecular flexibility index (Phi) is 10.2. The molecule has 3 aromatic carbocycles.